The Morgan fingerprint density at radius 3 is 2.79 bits per heavy atom. The van der Waals surface area contributed by atoms with E-state index in [-0.39, 0.29) is 5.56 Å². The quantitative estimate of drug-likeness (QED) is 0.731. The van der Waals surface area contributed by atoms with Gasteiger partial charge >= 0.3 is 0 Å². The van der Waals surface area contributed by atoms with Gasteiger partial charge in [0.25, 0.3) is 0 Å². The second-order valence-electron chi connectivity index (χ2n) is 3.80. The number of pyridine rings is 1. The lowest BCUT2D eigenvalue weighted by molar-refractivity contribution is 0.876. The molecule has 2 nitrogen and oxygen atoms in total. The van der Waals surface area contributed by atoms with Crippen LogP contribution in [0.15, 0.2) is 35.3 Å². The van der Waals surface area contributed by atoms with E-state index in [1.165, 1.54) is 5.56 Å². The SMILES string of the molecule is CC(C)c1cccc2c[nH]c(=O)cc12. The third-order valence-corrected chi connectivity index (χ3v) is 2.44. The molecule has 0 unspecified atom stereocenters. The molecule has 0 saturated heterocycles. The minimum atomic E-state index is -0.0365. The molecule has 14 heavy (non-hydrogen) atoms. The average molecular weight is 187 g/mol. The van der Waals surface area contributed by atoms with E-state index in [9.17, 15) is 4.79 Å². The standard InChI is InChI=1S/C12H13NO/c1-8(2)10-5-3-4-9-7-13-12(14)6-11(9)10/h3-8H,1-2H3,(H,13,14). The summed E-state index contributed by atoms with van der Waals surface area (Å²) in [6, 6.07) is 7.78. The molecular formula is C12H13NO. The topological polar surface area (TPSA) is 32.9 Å². The van der Waals surface area contributed by atoms with Crippen LogP contribution in [0.5, 0.6) is 0 Å². The third kappa shape index (κ3) is 1.43. The highest BCUT2D eigenvalue weighted by Crippen LogP contribution is 2.23. The summed E-state index contributed by atoms with van der Waals surface area (Å²) in [4.78, 5) is 13.9. The first kappa shape index (κ1) is 9.00. The molecule has 2 aromatic rings. The number of fused-ring (bicyclic) bond motifs is 1. The molecular weight excluding hydrogens is 174 g/mol. The fourth-order valence-electron chi connectivity index (χ4n) is 1.72. The minimum absolute atomic E-state index is 0.0365. The molecule has 0 aliphatic rings. The molecule has 0 amide bonds. The molecule has 1 aromatic heterocycles. The van der Waals surface area contributed by atoms with Gasteiger partial charge in [-0.15, -0.1) is 0 Å². The van der Waals surface area contributed by atoms with E-state index in [0.29, 0.717) is 5.92 Å². The Balaban J connectivity index is 2.84. The van der Waals surface area contributed by atoms with Crippen LogP contribution in [0, 0.1) is 0 Å². The zero-order valence-corrected chi connectivity index (χ0v) is 8.37. The molecule has 0 spiro atoms. The number of hydrogen-bond acceptors (Lipinski definition) is 1. The maximum atomic E-state index is 11.2. The Bertz CT molecular complexity index is 511. The molecule has 0 aliphatic heterocycles. The molecule has 0 bridgehead atoms. The van der Waals surface area contributed by atoms with Crippen molar-refractivity contribution in [3.63, 3.8) is 0 Å². The van der Waals surface area contributed by atoms with Crippen LogP contribution in [0.2, 0.25) is 0 Å². The summed E-state index contributed by atoms with van der Waals surface area (Å²) >= 11 is 0. The van der Waals surface area contributed by atoms with E-state index in [0.717, 1.165) is 10.8 Å². The second kappa shape index (κ2) is 3.29. The number of rotatable bonds is 1. The smallest absolute Gasteiger partial charge is 0.248 e. The molecule has 0 radical (unpaired) electrons. The number of benzene rings is 1. The van der Waals surface area contributed by atoms with Crippen molar-refractivity contribution >= 4 is 10.8 Å². The fraction of sp³-hybridized carbons (Fsp3) is 0.250. The number of aromatic amines is 1. The molecule has 1 N–H and O–H groups in total. The maximum absolute atomic E-state index is 11.2. The first-order valence-corrected chi connectivity index (χ1v) is 4.80. The molecule has 72 valence electrons. The molecule has 1 heterocycles. The maximum Gasteiger partial charge on any atom is 0.248 e. The van der Waals surface area contributed by atoms with Gasteiger partial charge in [0.15, 0.2) is 0 Å². The van der Waals surface area contributed by atoms with Gasteiger partial charge < -0.3 is 4.98 Å². The van der Waals surface area contributed by atoms with Gasteiger partial charge in [-0.1, -0.05) is 32.0 Å². The predicted molar refractivity (Wildman–Crippen MR) is 58.7 cm³/mol. The van der Waals surface area contributed by atoms with Crippen LogP contribution in [-0.4, -0.2) is 4.98 Å². The zero-order chi connectivity index (χ0) is 10.1. The Morgan fingerprint density at radius 1 is 1.29 bits per heavy atom. The summed E-state index contributed by atoms with van der Waals surface area (Å²) in [7, 11) is 0. The number of H-pyrrole nitrogens is 1. The molecule has 0 saturated carbocycles. The van der Waals surface area contributed by atoms with Gasteiger partial charge in [0.05, 0.1) is 0 Å². The van der Waals surface area contributed by atoms with E-state index in [4.69, 9.17) is 0 Å². The van der Waals surface area contributed by atoms with Crippen LogP contribution in [0.1, 0.15) is 25.3 Å². The van der Waals surface area contributed by atoms with Gasteiger partial charge in [0.2, 0.25) is 5.56 Å². The predicted octanol–water partition coefficient (Wildman–Crippen LogP) is 2.65. The highest BCUT2D eigenvalue weighted by Gasteiger charge is 2.04. The van der Waals surface area contributed by atoms with E-state index in [2.05, 4.69) is 24.9 Å². The summed E-state index contributed by atoms with van der Waals surface area (Å²) in [5.41, 5.74) is 1.19. The van der Waals surface area contributed by atoms with E-state index < -0.39 is 0 Å². The summed E-state index contributed by atoms with van der Waals surface area (Å²) in [6.07, 6.45) is 1.77. The van der Waals surface area contributed by atoms with Crippen LogP contribution in [0.4, 0.5) is 0 Å². The van der Waals surface area contributed by atoms with Crippen molar-refractivity contribution < 1.29 is 0 Å². The molecule has 0 aliphatic carbocycles. The Hall–Kier alpha value is -1.57. The van der Waals surface area contributed by atoms with E-state index in [1.54, 1.807) is 12.3 Å². The fourth-order valence-corrected chi connectivity index (χ4v) is 1.72. The van der Waals surface area contributed by atoms with Crippen LogP contribution in [0.25, 0.3) is 10.8 Å². The minimum Gasteiger partial charge on any atom is -0.328 e. The number of nitrogens with one attached hydrogen (secondary N) is 1. The third-order valence-electron chi connectivity index (χ3n) is 2.44. The van der Waals surface area contributed by atoms with Crippen LogP contribution in [-0.2, 0) is 0 Å². The summed E-state index contributed by atoms with van der Waals surface area (Å²) in [5, 5.41) is 2.15. The first-order chi connectivity index (χ1) is 6.68. The van der Waals surface area contributed by atoms with Crippen molar-refractivity contribution in [1.82, 2.24) is 4.98 Å². The van der Waals surface area contributed by atoms with Gasteiger partial charge in [-0.2, -0.15) is 0 Å². The van der Waals surface area contributed by atoms with Crippen LogP contribution < -0.4 is 5.56 Å². The molecule has 1 aromatic carbocycles. The zero-order valence-electron chi connectivity index (χ0n) is 8.37. The highest BCUT2D eigenvalue weighted by molar-refractivity contribution is 5.85. The lowest BCUT2D eigenvalue weighted by Gasteiger charge is -2.08. The molecule has 2 rings (SSSR count). The van der Waals surface area contributed by atoms with Crippen molar-refractivity contribution in [2.75, 3.05) is 0 Å². The number of hydrogen-bond donors (Lipinski definition) is 1. The second-order valence-corrected chi connectivity index (χ2v) is 3.80. The average Bonchev–Trinajstić information content (AvgIpc) is 2.16. The van der Waals surface area contributed by atoms with Gasteiger partial charge in [-0.25, -0.2) is 0 Å². The van der Waals surface area contributed by atoms with Crippen molar-refractivity contribution in [3.8, 4) is 0 Å². The van der Waals surface area contributed by atoms with E-state index >= 15 is 0 Å². The monoisotopic (exact) mass is 187 g/mol. The van der Waals surface area contributed by atoms with Crippen molar-refractivity contribution in [1.29, 1.82) is 0 Å². The van der Waals surface area contributed by atoms with Crippen molar-refractivity contribution in [2.45, 2.75) is 19.8 Å². The van der Waals surface area contributed by atoms with Gasteiger partial charge in [0.1, 0.15) is 0 Å². The Kier molecular flexibility index (Phi) is 2.12. The molecule has 0 fully saturated rings. The Morgan fingerprint density at radius 2 is 2.07 bits per heavy atom. The lowest BCUT2D eigenvalue weighted by atomic mass is 9.97. The summed E-state index contributed by atoms with van der Waals surface area (Å²) in [5.74, 6) is 0.445. The summed E-state index contributed by atoms with van der Waals surface area (Å²) in [6.45, 7) is 4.27. The van der Waals surface area contributed by atoms with Gasteiger partial charge in [-0.3, -0.25) is 4.79 Å². The summed E-state index contributed by atoms with van der Waals surface area (Å²) < 4.78 is 0. The van der Waals surface area contributed by atoms with Crippen molar-refractivity contribution in [2.24, 2.45) is 0 Å². The highest BCUT2D eigenvalue weighted by atomic mass is 16.1. The van der Waals surface area contributed by atoms with Crippen LogP contribution in [0.3, 0.4) is 0 Å². The van der Waals surface area contributed by atoms with E-state index in [1.807, 2.05) is 12.1 Å². The Labute approximate surface area is 82.6 Å². The van der Waals surface area contributed by atoms with Gasteiger partial charge in [0, 0.05) is 12.3 Å². The van der Waals surface area contributed by atoms with Crippen LogP contribution >= 0.6 is 0 Å². The number of aromatic nitrogens is 1. The first-order valence-electron chi connectivity index (χ1n) is 4.80. The lowest BCUT2D eigenvalue weighted by Crippen LogP contribution is -2.03. The largest absolute Gasteiger partial charge is 0.328 e. The molecule has 2 heteroatoms. The normalized spacial score (nSPS) is 11.1. The van der Waals surface area contributed by atoms with Gasteiger partial charge in [-0.05, 0) is 22.3 Å². The molecule has 0 atom stereocenters. The van der Waals surface area contributed by atoms with Crippen molar-refractivity contribution in [3.05, 3.63) is 46.4 Å².